The standard InChI is InChI=1S/C33H38N4O3/c1-22-10-12-26(13-11-22)30-19-31(38)36-28-18-27(33(40)35-21-25-9-5-8-24(16-25)20-34)14-15-29(28)37(30)32(39)17-23-6-3-2-4-7-23/h2-4,6-7,10-15,18,24-25,30H,5,8-9,16-17,19-21,34H2,1H3,(H,35,40)(H,36,38). The van der Waals surface area contributed by atoms with E-state index in [1.54, 1.807) is 23.1 Å². The predicted molar refractivity (Wildman–Crippen MR) is 158 cm³/mol. The largest absolute Gasteiger partial charge is 0.352 e. The number of fused-ring (bicyclic) bond motifs is 1. The predicted octanol–water partition coefficient (Wildman–Crippen LogP) is 5.15. The maximum Gasteiger partial charge on any atom is 0.251 e. The number of carbonyl (C=O) groups excluding carboxylic acids is 3. The molecule has 0 aromatic heterocycles. The lowest BCUT2D eigenvalue weighted by atomic mass is 9.81. The number of aryl methyl sites for hydroxylation is 1. The molecule has 3 aromatic carbocycles. The monoisotopic (exact) mass is 538 g/mol. The van der Waals surface area contributed by atoms with E-state index in [4.69, 9.17) is 5.73 Å². The van der Waals surface area contributed by atoms with E-state index >= 15 is 0 Å². The van der Waals surface area contributed by atoms with E-state index in [-0.39, 0.29) is 30.6 Å². The fourth-order valence-corrected chi connectivity index (χ4v) is 5.98. The third-order valence-electron chi connectivity index (χ3n) is 8.19. The van der Waals surface area contributed by atoms with E-state index < -0.39 is 6.04 Å². The minimum absolute atomic E-state index is 0.113. The van der Waals surface area contributed by atoms with Gasteiger partial charge in [-0.25, -0.2) is 0 Å². The lowest BCUT2D eigenvalue weighted by Crippen LogP contribution is -2.36. The molecule has 1 aliphatic heterocycles. The first-order valence-corrected chi connectivity index (χ1v) is 14.3. The summed E-state index contributed by atoms with van der Waals surface area (Å²) in [6.07, 6.45) is 4.75. The van der Waals surface area contributed by atoms with Crippen molar-refractivity contribution in [3.8, 4) is 0 Å². The van der Waals surface area contributed by atoms with Crippen molar-refractivity contribution in [1.82, 2.24) is 5.32 Å². The molecule has 1 heterocycles. The van der Waals surface area contributed by atoms with Gasteiger partial charge in [0.15, 0.2) is 0 Å². The minimum atomic E-state index is -0.473. The second-order valence-corrected chi connectivity index (χ2v) is 11.2. The molecular weight excluding hydrogens is 500 g/mol. The Kier molecular flexibility index (Phi) is 8.60. The molecule has 0 bridgehead atoms. The van der Waals surface area contributed by atoms with Gasteiger partial charge in [-0.15, -0.1) is 0 Å². The van der Waals surface area contributed by atoms with Gasteiger partial charge in [0.1, 0.15) is 0 Å². The van der Waals surface area contributed by atoms with Crippen molar-refractivity contribution in [1.29, 1.82) is 0 Å². The highest BCUT2D eigenvalue weighted by molar-refractivity contribution is 6.07. The van der Waals surface area contributed by atoms with Crippen molar-refractivity contribution >= 4 is 29.1 Å². The van der Waals surface area contributed by atoms with Gasteiger partial charge in [0.05, 0.1) is 30.3 Å². The van der Waals surface area contributed by atoms with E-state index in [9.17, 15) is 14.4 Å². The van der Waals surface area contributed by atoms with Crippen LogP contribution >= 0.6 is 0 Å². The number of amides is 3. The Bertz CT molecular complexity index is 1360. The second kappa shape index (κ2) is 12.5. The summed E-state index contributed by atoms with van der Waals surface area (Å²) < 4.78 is 0. The minimum Gasteiger partial charge on any atom is -0.352 e. The maximum atomic E-state index is 13.9. The number of carbonyl (C=O) groups is 3. The van der Waals surface area contributed by atoms with Gasteiger partial charge >= 0.3 is 0 Å². The molecule has 5 rings (SSSR count). The quantitative estimate of drug-likeness (QED) is 0.387. The van der Waals surface area contributed by atoms with Crippen molar-refractivity contribution in [3.05, 3.63) is 95.1 Å². The summed E-state index contributed by atoms with van der Waals surface area (Å²) in [6.45, 7) is 3.31. The molecule has 2 aliphatic rings. The molecule has 3 atom stereocenters. The number of hydrogen-bond donors (Lipinski definition) is 3. The van der Waals surface area contributed by atoms with Crippen LogP contribution in [-0.4, -0.2) is 30.8 Å². The van der Waals surface area contributed by atoms with Crippen molar-refractivity contribution in [2.75, 3.05) is 23.3 Å². The molecule has 1 fully saturated rings. The zero-order valence-electron chi connectivity index (χ0n) is 23.1. The van der Waals surface area contributed by atoms with Gasteiger partial charge in [-0.1, -0.05) is 66.6 Å². The summed E-state index contributed by atoms with van der Waals surface area (Å²) in [6, 6.07) is 22.3. The highest BCUT2D eigenvalue weighted by Gasteiger charge is 2.34. The molecule has 40 heavy (non-hydrogen) atoms. The Morgan fingerprint density at radius 1 is 1.00 bits per heavy atom. The molecule has 3 amide bonds. The van der Waals surface area contributed by atoms with E-state index in [0.29, 0.717) is 41.9 Å². The fraction of sp³-hybridized carbons (Fsp3) is 0.364. The van der Waals surface area contributed by atoms with Crippen LogP contribution in [0.1, 0.15) is 65.2 Å². The highest BCUT2D eigenvalue weighted by Crippen LogP contribution is 2.39. The molecule has 0 spiro atoms. The van der Waals surface area contributed by atoms with E-state index in [1.807, 2.05) is 61.5 Å². The first kappa shape index (κ1) is 27.6. The SMILES string of the molecule is Cc1ccc(C2CC(=O)Nc3cc(C(=O)NCC4CCCC(CN)C4)ccc3N2C(=O)Cc2ccccc2)cc1. The van der Waals surface area contributed by atoms with Gasteiger partial charge in [-0.2, -0.15) is 0 Å². The van der Waals surface area contributed by atoms with Gasteiger partial charge in [-0.3, -0.25) is 14.4 Å². The summed E-state index contributed by atoms with van der Waals surface area (Å²) in [5, 5.41) is 6.05. The number of nitrogens with one attached hydrogen (secondary N) is 2. The molecular formula is C33H38N4O3. The third-order valence-corrected chi connectivity index (χ3v) is 8.19. The van der Waals surface area contributed by atoms with Crippen molar-refractivity contribution < 1.29 is 14.4 Å². The lowest BCUT2D eigenvalue weighted by Gasteiger charge is -2.31. The normalized spacial score (nSPS) is 20.7. The third kappa shape index (κ3) is 6.42. The molecule has 3 aromatic rings. The van der Waals surface area contributed by atoms with Crippen LogP contribution in [0.15, 0.2) is 72.8 Å². The van der Waals surface area contributed by atoms with Crippen LogP contribution < -0.4 is 21.3 Å². The van der Waals surface area contributed by atoms with Gasteiger partial charge in [-0.05, 0) is 73.9 Å². The van der Waals surface area contributed by atoms with Crippen molar-refractivity contribution in [3.63, 3.8) is 0 Å². The van der Waals surface area contributed by atoms with Gasteiger partial charge < -0.3 is 21.3 Å². The molecule has 3 unspecified atom stereocenters. The highest BCUT2D eigenvalue weighted by atomic mass is 16.2. The Morgan fingerprint density at radius 2 is 1.75 bits per heavy atom. The average Bonchev–Trinajstić information content (AvgIpc) is 3.12. The zero-order chi connectivity index (χ0) is 28.1. The second-order valence-electron chi connectivity index (χ2n) is 11.2. The number of benzene rings is 3. The topological polar surface area (TPSA) is 105 Å². The molecule has 4 N–H and O–H groups in total. The first-order chi connectivity index (χ1) is 19.4. The Morgan fingerprint density at radius 3 is 2.50 bits per heavy atom. The van der Waals surface area contributed by atoms with Crippen LogP contribution in [0, 0.1) is 18.8 Å². The molecule has 0 radical (unpaired) electrons. The number of nitrogens with zero attached hydrogens (tertiary/aromatic N) is 1. The first-order valence-electron chi connectivity index (χ1n) is 14.3. The van der Waals surface area contributed by atoms with Crippen molar-refractivity contribution in [2.45, 2.75) is 51.5 Å². The number of hydrogen-bond acceptors (Lipinski definition) is 4. The smallest absolute Gasteiger partial charge is 0.251 e. The molecule has 7 nitrogen and oxygen atoms in total. The van der Waals surface area contributed by atoms with Crippen LogP contribution in [-0.2, 0) is 16.0 Å². The number of anilines is 2. The molecule has 1 aliphatic carbocycles. The summed E-state index contributed by atoms with van der Waals surface area (Å²) >= 11 is 0. The molecule has 0 saturated heterocycles. The van der Waals surface area contributed by atoms with Gasteiger partial charge in [0.25, 0.3) is 5.91 Å². The van der Waals surface area contributed by atoms with Crippen LogP contribution in [0.3, 0.4) is 0 Å². The molecule has 1 saturated carbocycles. The molecule has 208 valence electrons. The Labute approximate surface area is 236 Å². The van der Waals surface area contributed by atoms with Gasteiger partial charge in [0, 0.05) is 12.1 Å². The lowest BCUT2D eigenvalue weighted by molar-refractivity contribution is -0.119. The average molecular weight is 539 g/mol. The molecule has 7 heteroatoms. The van der Waals surface area contributed by atoms with E-state index in [2.05, 4.69) is 10.6 Å². The van der Waals surface area contributed by atoms with Crippen LogP contribution in [0.5, 0.6) is 0 Å². The maximum absolute atomic E-state index is 13.9. The van der Waals surface area contributed by atoms with E-state index in [1.165, 1.54) is 0 Å². The summed E-state index contributed by atoms with van der Waals surface area (Å²) in [7, 11) is 0. The fourth-order valence-electron chi connectivity index (χ4n) is 5.98. The Balaban J connectivity index is 1.43. The van der Waals surface area contributed by atoms with Crippen LogP contribution in [0.25, 0.3) is 0 Å². The van der Waals surface area contributed by atoms with Crippen LogP contribution in [0.4, 0.5) is 11.4 Å². The van der Waals surface area contributed by atoms with Crippen molar-refractivity contribution in [2.24, 2.45) is 17.6 Å². The van der Waals surface area contributed by atoms with Crippen LogP contribution in [0.2, 0.25) is 0 Å². The van der Waals surface area contributed by atoms with E-state index in [0.717, 1.165) is 42.4 Å². The zero-order valence-corrected chi connectivity index (χ0v) is 23.1. The number of rotatable bonds is 7. The van der Waals surface area contributed by atoms with Gasteiger partial charge in [0.2, 0.25) is 11.8 Å². The summed E-state index contributed by atoms with van der Waals surface area (Å²) in [5.74, 6) is 0.453. The Hall–Kier alpha value is -3.97. The summed E-state index contributed by atoms with van der Waals surface area (Å²) in [4.78, 5) is 41.9. The number of nitrogens with two attached hydrogens (primary N) is 1. The summed E-state index contributed by atoms with van der Waals surface area (Å²) in [5.41, 5.74) is 10.3.